The number of hydrogen-bond acceptors (Lipinski definition) is 5. The zero-order valence-electron chi connectivity index (χ0n) is 15.0. The summed E-state index contributed by atoms with van der Waals surface area (Å²) in [7, 11) is 1.56. The highest BCUT2D eigenvalue weighted by molar-refractivity contribution is 5.74. The molecule has 1 aliphatic rings. The number of aromatic nitrogens is 1. The van der Waals surface area contributed by atoms with Gasteiger partial charge in [-0.15, -0.1) is 0 Å². The summed E-state index contributed by atoms with van der Waals surface area (Å²) in [5.41, 5.74) is -1.19. The summed E-state index contributed by atoms with van der Waals surface area (Å²) in [6.07, 6.45) is -0.177. The summed E-state index contributed by atoms with van der Waals surface area (Å²) < 4.78 is 31.4. The molecule has 1 aliphatic heterocycles. The molecular formula is C18H23FN2O4. The molecule has 1 aromatic carbocycles. The zero-order valence-corrected chi connectivity index (χ0v) is 15.0. The van der Waals surface area contributed by atoms with E-state index in [-0.39, 0.29) is 31.8 Å². The fourth-order valence-corrected chi connectivity index (χ4v) is 2.81. The number of carbonyl (C=O) groups is 1. The predicted molar refractivity (Wildman–Crippen MR) is 90.4 cm³/mol. The van der Waals surface area contributed by atoms with Crippen LogP contribution in [0.3, 0.4) is 0 Å². The minimum atomic E-state index is -1.69. The number of amides is 1. The first-order valence-electron chi connectivity index (χ1n) is 8.32. The molecule has 1 fully saturated rings. The van der Waals surface area contributed by atoms with E-state index in [0.29, 0.717) is 16.8 Å². The van der Waals surface area contributed by atoms with Crippen molar-refractivity contribution in [2.45, 2.75) is 44.9 Å². The normalized spacial score (nSPS) is 17.6. The van der Waals surface area contributed by atoms with Crippen LogP contribution in [-0.2, 0) is 10.4 Å². The van der Waals surface area contributed by atoms with Crippen molar-refractivity contribution in [2.75, 3.05) is 20.2 Å². The lowest BCUT2D eigenvalue weighted by atomic mass is 9.93. The lowest BCUT2D eigenvalue weighted by Crippen LogP contribution is -2.45. The molecule has 1 saturated heterocycles. The second kappa shape index (κ2) is 6.20. The molecule has 0 bridgehead atoms. The van der Waals surface area contributed by atoms with Crippen LogP contribution in [0.5, 0.6) is 5.75 Å². The van der Waals surface area contributed by atoms with Gasteiger partial charge in [0.1, 0.15) is 16.9 Å². The summed E-state index contributed by atoms with van der Waals surface area (Å²) >= 11 is 0. The molecule has 1 aromatic heterocycles. The van der Waals surface area contributed by atoms with E-state index in [1.807, 2.05) is 0 Å². The molecule has 2 heterocycles. The van der Waals surface area contributed by atoms with Crippen LogP contribution in [0.2, 0.25) is 0 Å². The van der Waals surface area contributed by atoms with E-state index in [4.69, 9.17) is 13.9 Å². The van der Waals surface area contributed by atoms with Crippen LogP contribution in [0.1, 0.15) is 39.5 Å². The molecule has 1 amide bonds. The van der Waals surface area contributed by atoms with Gasteiger partial charge in [0.2, 0.25) is 5.89 Å². The van der Waals surface area contributed by atoms with Crippen molar-refractivity contribution in [1.82, 2.24) is 9.88 Å². The number of rotatable bonds is 2. The van der Waals surface area contributed by atoms with Gasteiger partial charge in [-0.3, -0.25) is 0 Å². The van der Waals surface area contributed by atoms with Crippen LogP contribution in [0, 0.1) is 0 Å². The van der Waals surface area contributed by atoms with Crippen LogP contribution in [0.4, 0.5) is 9.18 Å². The summed E-state index contributed by atoms with van der Waals surface area (Å²) in [4.78, 5) is 17.9. The summed E-state index contributed by atoms with van der Waals surface area (Å²) in [5, 5.41) is 0. The number of likely N-dealkylation sites (tertiary alicyclic amines) is 1. The fraction of sp³-hybridized carbons (Fsp3) is 0.556. The Balaban J connectivity index is 1.73. The Morgan fingerprint density at radius 2 is 2.00 bits per heavy atom. The third-order valence-electron chi connectivity index (χ3n) is 4.19. The topological polar surface area (TPSA) is 64.8 Å². The number of ether oxygens (including phenoxy) is 2. The van der Waals surface area contributed by atoms with E-state index in [0.717, 1.165) is 0 Å². The lowest BCUT2D eigenvalue weighted by molar-refractivity contribution is -0.00418. The van der Waals surface area contributed by atoms with Gasteiger partial charge in [0.05, 0.1) is 7.11 Å². The molecule has 3 rings (SSSR count). The Morgan fingerprint density at radius 3 is 2.60 bits per heavy atom. The Hall–Kier alpha value is -2.31. The molecule has 0 spiro atoms. The van der Waals surface area contributed by atoms with Crippen LogP contribution in [0.15, 0.2) is 22.6 Å². The Morgan fingerprint density at radius 1 is 1.32 bits per heavy atom. The van der Waals surface area contributed by atoms with Gasteiger partial charge >= 0.3 is 6.09 Å². The fourth-order valence-electron chi connectivity index (χ4n) is 2.81. The van der Waals surface area contributed by atoms with Crippen LogP contribution >= 0.6 is 0 Å². The van der Waals surface area contributed by atoms with E-state index in [2.05, 4.69) is 4.98 Å². The minimum absolute atomic E-state index is 0.0552. The van der Waals surface area contributed by atoms with Crippen molar-refractivity contribution < 1.29 is 23.1 Å². The van der Waals surface area contributed by atoms with E-state index < -0.39 is 17.4 Å². The first-order chi connectivity index (χ1) is 11.7. The number of alkyl halides is 1. The lowest BCUT2D eigenvalue weighted by Gasteiger charge is -2.35. The number of piperidine rings is 1. The summed E-state index contributed by atoms with van der Waals surface area (Å²) in [5.74, 6) is 0.694. The number of hydrogen-bond donors (Lipinski definition) is 0. The van der Waals surface area contributed by atoms with E-state index in [1.165, 1.54) is 4.90 Å². The van der Waals surface area contributed by atoms with Gasteiger partial charge in [-0.25, -0.2) is 14.2 Å². The molecular weight excluding hydrogens is 327 g/mol. The second-order valence-electron chi connectivity index (χ2n) is 7.29. The van der Waals surface area contributed by atoms with Crippen molar-refractivity contribution in [3.63, 3.8) is 0 Å². The van der Waals surface area contributed by atoms with Gasteiger partial charge in [-0.05, 0) is 32.9 Å². The molecule has 6 nitrogen and oxygen atoms in total. The van der Waals surface area contributed by atoms with Gasteiger partial charge in [-0.1, -0.05) is 0 Å². The van der Waals surface area contributed by atoms with E-state index in [9.17, 15) is 4.79 Å². The number of fused-ring (bicyclic) bond motifs is 1. The predicted octanol–water partition coefficient (Wildman–Crippen LogP) is 4.03. The molecule has 136 valence electrons. The van der Waals surface area contributed by atoms with E-state index >= 15 is 4.39 Å². The highest BCUT2D eigenvalue weighted by Crippen LogP contribution is 2.38. The average Bonchev–Trinajstić information content (AvgIpc) is 2.97. The maximum absolute atomic E-state index is 15.3. The van der Waals surface area contributed by atoms with Crippen molar-refractivity contribution in [3.05, 3.63) is 24.1 Å². The molecule has 2 aromatic rings. The quantitative estimate of drug-likeness (QED) is 0.818. The van der Waals surface area contributed by atoms with Gasteiger partial charge in [0.15, 0.2) is 11.3 Å². The highest BCUT2D eigenvalue weighted by Gasteiger charge is 2.42. The largest absolute Gasteiger partial charge is 0.497 e. The summed E-state index contributed by atoms with van der Waals surface area (Å²) in [6.45, 7) is 5.93. The molecule has 0 saturated carbocycles. The molecule has 0 aliphatic carbocycles. The Labute approximate surface area is 145 Å². The van der Waals surface area contributed by atoms with Crippen molar-refractivity contribution in [1.29, 1.82) is 0 Å². The van der Waals surface area contributed by atoms with Crippen molar-refractivity contribution in [2.24, 2.45) is 0 Å². The van der Waals surface area contributed by atoms with Crippen molar-refractivity contribution >= 4 is 17.2 Å². The van der Waals surface area contributed by atoms with Crippen LogP contribution < -0.4 is 4.74 Å². The third-order valence-corrected chi connectivity index (χ3v) is 4.19. The van der Waals surface area contributed by atoms with Gasteiger partial charge in [-0.2, -0.15) is 0 Å². The van der Waals surface area contributed by atoms with Crippen molar-refractivity contribution in [3.8, 4) is 5.75 Å². The zero-order chi connectivity index (χ0) is 18.2. The first-order valence-corrected chi connectivity index (χ1v) is 8.32. The third kappa shape index (κ3) is 3.70. The maximum atomic E-state index is 15.3. The maximum Gasteiger partial charge on any atom is 0.410 e. The van der Waals surface area contributed by atoms with Crippen LogP contribution in [0.25, 0.3) is 11.1 Å². The number of oxazole rings is 1. The number of nitrogens with zero attached hydrogens (tertiary/aromatic N) is 2. The van der Waals surface area contributed by atoms with Gasteiger partial charge < -0.3 is 18.8 Å². The van der Waals surface area contributed by atoms with Crippen LogP contribution in [-0.4, -0.2) is 41.8 Å². The standard InChI is InChI=1S/C18H23FN2O4/c1-17(2,3)25-16(22)21-9-7-18(19,8-10-21)15-20-13-11-12(23-4)5-6-14(13)24-15/h5-6,11H,7-10H2,1-4H3. The molecule has 0 unspecified atom stereocenters. The van der Waals surface area contributed by atoms with E-state index in [1.54, 1.807) is 46.1 Å². The minimum Gasteiger partial charge on any atom is -0.497 e. The molecule has 0 radical (unpaired) electrons. The molecule has 0 atom stereocenters. The summed E-state index contributed by atoms with van der Waals surface area (Å²) in [6, 6.07) is 5.17. The number of halogens is 1. The number of carbonyl (C=O) groups excluding carboxylic acids is 1. The van der Waals surface area contributed by atoms with Gasteiger partial charge in [0.25, 0.3) is 0 Å². The molecule has 25 heavy (non-hydrogen) atoms. The first kappa shape index (κ1) is 17.5. The Bertz CT molecular complexity index is 773. The average molecular weight is 350 g/mol. The smallest absolute Gasteiger partial charge is 0.410 e. The molecule has 7 heteroatoms. The monoisotopic (exact) mass is 350 g/mol. The highest BCUT2D eigenvalue weighted by atomic mass is 19.1. The molecule has 0 N–H and O–H groups in total. The SMILES string of the molecule is COc1ccc2oc(C3(F)CCN(C(=O)OC(C)(C)C)CC3)nc2c1. The Kier molecular flexibility index (Phi) is 4.34. The number of methoxy groups -OCH3 is 1. The number of benzene rings is 1. The van der Waals surface area contributed by atoms with Gasteiger partial charge in [0, 0.05) is 32.0 Å². The second-order valence-corrected chi connectivity index (χ2v) is 7.29.